The molecule has 0 aromatic rings. The van der Waals surface area contributed by atoms with Gasteiger partial charge in [0.05, 0.1) is 5.75 Å². The van der Waals surface area contributed by atoms with Crippen molar-refractivity contribution in [1.29, 1.82) is 0 Å². The Morgan fingerprint density at radius 2 is 1.71 bits per heavy atom. The number of hydrogen-bond acceptors (Lipinski definition) is 3. The summed E-state index contributed by atoms with van der Waals surface area (Å²) in [5.41, 5.74) is 0. The van der Waals surface area contributed by atoms with Gasteiger partial charge in [-0.25, -0.2) is 8.42 Å². The molecule has 1 aliphatic rings. The van der Waals surface area contributed by atoms with Crippen molar-refractivity contribution in [3.63, 3.8) is 0 Å². The van der Waals surface area contributed by atoms with E-state index in [4.69, 9.17) is 0 Å². The lowest BCUT2D eigenvalue weighted by molar-refractivity contribution is -0.134. The molecule has 0 aliphatic heterocycles. The Bertz CT molecular complexity index is 509. The third-order valence-electron chi connectivity index (χ3n) is 4.76. The molecule has 1 aliphatic carbocycles. The smallest absolute Gasteiger partial charge is 0.355 e. The Balaban J connectivity index is 2.46. The molecule has 24 heavy (non-hydrogen) atoms. The van der Waals surface area contributed by atoms with Crippen molar-refractivity contribution < 1.29 is 26.4 Å². The zero-order chi connectivity index (χ0) is 18.4. The molecule has 0 saturated heterocycles. The summed E-state index contributed by atoms with van der Waals surface area (Å²) in [6, 6.07) is 0. The van der Waals surface area contributed by atoms with Gasteiger partial charge in [-0.05, 0) is 32.6 Å². The largest absolute Gasteiger partial charge is 0.389 e. The molecule has 0 heterocycles. The first-order valence-corrected chi connectivity index (χ1v) is 10.2. The number of halogens is 3. The van der Waals surface area contributed by atoms with Gasteiger partial charge < -0.3 is 5.32 Å². The number of carbonyl (C=O) groups excluding carboxylic acids is 1. The third kappa shape index (κ3) is 6.61. The number of carbonyl (C=O) groups is 1. The standard InChI is InChI=1S/C16H28F3NO3S/c1-15(2,24(22,23)12-6-10-16(17,18)19)14(21)20-11-9-13-7-4-3-5-8-13/h13H,3-12H2,1-2H3,(H,20,21). The van der Waals surface area contributed by atoms with E-state index in [2.05, 4.69) is 5.32 Å². The maximum Gasteiger partial charge on any atom is 0.389 e. The molecule has 8 heteroatoms. The first kappa shape index (κ1) is 21.3. The zero-order valence-corrected chi connectivity index (χ0v) is 15.2. The SMILES string of the molecule is CC(C)(C(=O)NCCC1CCCCC1)S(=O)(=O)CCCC(F)(F)F. The number of alkyl halides is 3. The fourth-order valence-corrected chi connectivity index (χ4v) is 4.33. The second kappa shape index (κ2) is 8.54. The predicted molar refractivity (Wildman–Crippen MR) is 87.4 cm³/mol. The molecule has 0 atom stereocenters. The summed E-state index contributed by atoms with van der Waals surface area (Å²) in [5, 5.41) is 2.64. The number of sulfone groups is 1. The van der Waals surface area contributed by atoms with Crippen LogP contribution in [0.15, 0.2) is 0 Å². The van der Waals surface area contributed by atoms with Crippen molar-refractivity contribution in [2.24, 2.45) is 5.92 Å². The molecule has 1 amide bonds. The molecule has 1 fully saturated rings. The molecule has 4 nitrogen and oxygen atoms in total. The van der Waals surface area contributed by atoms with Gasteiger partial charge in [0.2, 0.25) is 5.91 Å². The lowest BCUT2D eigenvalue weighted by atomic mass is 9.87. The first-order chi connectivity index (χ1) is 11.0. The van der Waals surface area contributed by atoms with Crippen LogP contribution in [0.5, 0.6) is 0 Å². The lowest BCUT2D eigenvalue weighted by Crippen LogP contribution is -2.49. The maximum atomic E-state index is 12.2. The van der Waals surface area contributed by atoms with Crippen LogP contribution in [-0.2, 0) is 14.6 Å². The van der Waals surface area contributed by atoms with Gasteiger partial charge in [0, 0.05) is 13.0 Å². The van der Waals surface area contributed by atoms with E-state index in [9.17, 15) is 26.4 Å². The van der Waals surface area contributed by atoms with Gasteiger partial charge in [0.1, 0.15) is 4.75 Å². The molecule has 1 saturated carbocycles. The highest BCUT2D eigenvalue weighted by Crippen LogP contribution is 2.27. The maximum absolute atomic E-state index is 12.2. The Morgan fingerprint density at radius 3 is 2.25 bits per heavy atom. The van der Waals surface area contributed by atoms with E-state index in [1.54, 1.807) is 0 Å². The van der Waals surface area contributed by atoms with Crippen molar-refractivity contribution >= 4 is 15.7 Å². The fourth-order valence-electron chi connectivity index (χ4n) is 2.94. The minimum atomic E-state index is -4.39. The summed E-state index contributed by atoms with van der Waals surface area (Å²) in [6.45, 7) is 2.92. The third-order valence-corrected chi connectivity index (χ3v) is 7.33. The molecule has 142 valence electrons. The highest BCUT2D eigenvalue weighted by atomic mass is 32.2. The van der Waals surface area contributed by atoms with Crippen LogP contribution >= 0.6 is 0 Å². The van der Waals surface area contributed by atoms with Crippen molar-refractivity contribution in [2.45, 2.75) is 76.1 Å². The second-order valence-electron chi connectivity index (χ2n) is 7.10. The summed E-state index contributed by atoms with van der Waals surface area (Å²) >= 11 is 0. The van der Waals surface area contributed by atoms with E-state index < -0.39 is 45.3 Å². The Labute approximate surface area is 142 Å². The molecule has 1 N–H and O–H groups in total. The first-order valence-electron chi connectivity index (χ1n) is 8.53. The minimum absolute atomic E-state index is 0.408. The molecule has 0 bridgehead atoms. The van der Waals surface area contributed by atoms with Crippen molar-refractivity contribution in [3.8, 4) is 0 Å². The molecule has 0 unspecified atom stereocenters. The van der Waals surface area contributed by atoms with Crippen molar-refractivity contribution in [1.82, 2.24) is 5.32 Å². The normalized spacial score (nSPS) is 17.7. The predicted octanol–water partition coefficient (Wildman–Crippen LogP) is 3.61. The molecule has 1 rings (SSSR count). The monoisotopic (exact) mass is 371 g/mol. The van der Waals surface area contributed by atoms with Gasteiger partial charge in [-0.2, -0.15) is 13.2 Å². The number of hydrogen-bond donors (Lipinski definition) is 1. The van der Waals surface area contributed by atoms with Crippen LogP contribution in [0.3, 0.4) is 0 Å². The van der Waals surface area contributed by atoms with Gasteiger partial charge >= 0.3 is 6.18 Å². The van der Waals surface area contributed by atoms with Crippen LogP contribution in [0.1, 0.15) is 65.2 Å². The van der Waals surface area contributed by atoms with Gasteiger partial charge in [-0.1, -0.05) is 32.1 Å². The number of amides is 1. The van der Waals surface area contributed by atoms with Crippen LogP contribution in [-0.4, -0.2) is 37.5 Å². The van der Waals surface area contributed by atoms with Crippen LogP contribution in [0.25, 0.3) is 0 Å². The summed E-state index contributed by atoms with van der Waals surface area (Å²) in [4.78, 5) is 12.2. The Kier molecular flexibility index (Phi) is 7.56. The van der Waals surface area contributed by atoms with Crippen LogP contribution in [0.4, 0.5) is 13.2 Å². The summed E-state index contributed by atoms with van der Waals surface area (Å²) in [6.07, 6.45) is 0.638. The summed E-state index contributed by atoms with van der Waals surface area (Å²) in [5.74, 6) is -0.717. The fraction of sp³-hybridized carbons (Fsp3) is 0.938. The molecular weight excluding hydrogens is 343 g/mol. The van der Waals surface area contributed by atoms with E-state index in [1.165, 1.54) is 33.1 Å². The van der Waals surface area contributed by atoms with Gasteiger partial charge in [0.15, 0.2) is 9.84 Å². The van der Waals surface area contributed by atoms with E-state index in [1.807, 2.05) is 0 Å². The average molecular weight is 371 g/mol. The average Bonchev–Trinajstić information content (AvgIpc) is 2.46. The molecule has 0 radical (unpaired) electrons. The molecular formula is C16H28F3NO3S. The van der Waals surface area contributed by atoms with Crippen molar-refractivity contribution in [2.75, 3.05) is 12.3 Å². The summed E-state index contributed by atoms with van der Waals surface area (Å²) in [7, 11) is -3.95. The minimum Gasteiger partial charge on any atom is -0.355 e. The van der Waals surface area contributed by atoms with E-state index >= 15 is 0 Å². The summed E-state index contributed by atoms with van der Waals surface area (Å²) < 4.78 is 59.2. The lowest BCUT2D eigenvalue weighted by Gasteiger charge is -2.25. The van der Waals surface area contributed by atoms with E-state index in [0.717, 1.165) is 19.3 Å². The Morgan fingerprint density at radius 1 is 1.12 bits per heavy atom. The van der Waals surface area contributed by atoms with E-state index in [-0.39, 0.29) is 0 Å². The van der Waals surface area contributed by atoms with Gasteiger partial charge in [-0.3, -0.25) is 4.79 Å². The molecule has 0 spiro atoms. The zero-order valence-electron chi connectivity index (χ0n) is 14.4. The number of rotatable bonds is 8. The van der Waals surface area contributed by atoms with E-state index in [0.29, 0.717) is 12.5 Å². The second-order valence-corrected chi connectivity index (χ2v) is 9.75. The van der Waals surface area contributed by atoms with Crippen LogP contribution < -0.4 is 5.32 Å². The quantitative estimate of drug-likeness (QED) is 0.709. The van der Waals surface area contributed by atoms with Gasteiger partial charge in [-0.15, -0.1) is 0 Å². The highest BCUT2D eigenvalue weighted by molar-refractivity contribution is 7.93. The van der Waals surface area contributed by atoms with Crippen LogP contribution in [0, 0.1) is 5.92 Å². The molecule has 0 aromatic heterocycles. The topological polar surface area (TPSA) is 63.2 Å². The van der Waals surface area contributed by atoms with Gasteiger partial charge in [0.25, 0.3) is 0 Å². The Hall–Kier alpha value is -0.790. The molecule has 0 aromatic carbocycles. The van der Waals surface area contributed by atoms with Crippen molar-refractivity contribution in [3.05, 3.63) is 0 Å². The van der Waals surface area contributed by atoms with Crippen LogP contribution in [0.2, 0.25) is 0 Å². The number of nitrogens with one attached hydrogen (secondary N) is 1. The highest BCUT2D eigenvalue weighted by Gasteiger charge is 2.41.